The number of furan rings is 1. The van der Waals surface area contributed by atoms with E-state index >= 15 is 0 Å². The molecule has 0 spiro atoms. The van der Waals surface area contributed by atoms with Gasteiger partial charge in [0.15, 0.2) is 10.8 Å². The van der Waals surface area contributed by atoms with Gasteiger partial charge in [0.05, 0.1) is 22.8 Å². The van der Waals surface area contributed by atoms with Gasteiger partial charge >= 0.3 is 5.97 Å². The van der Waals surface area contributed by atoms with Gasteiger partial charge in [-0.25, -0.2) is 18.2 Å². The average Bonchev–Trinajstić information content (AvgIpc) is 3.60. The quantitative estimate of drug-likeness (QED) is 0.273. The largest absolute Gasteiger partial charge is 0.462 e. The minimum atomic E-state index is -3.46. The van der Waals surface area contributed by atoms with Crippen LogP contribution in [0.4, 0.5) is 0 Å². The highest BCUT2D eigenvalue weighted by atomic mass is 32.2. The van der Waals surface area contributed by atoms with E-state index in [1.165, 1.54) is 11.3 Å². The number of esters is 1. The van der Waals surface area contributed by atoms with Gasteiger partial charge in [-0.2, -0.15) is 4.31 Å². The number of benzene rings is 2. The van der Waals surface area contributed by atoms with Crippen LogP contribution in [0.3, 0.4) is 0 Å². The van der Waals surface area contributed by atoms with E-state index in [1.807, 2.05) is 29.6 Å². The van der Waals surface area contributed by atoms with Gasteiger partial charge in [0, 0.05) is 29.6 Å². The highest BCUT2D eigenvalue weighted by molar-refractivity contribution is 7.89. The van der Waals surface area contributed by atoms with Crippen molar-refractivity contribution in [3.05, 3.63) is 71.6 Å². The Morgan fingerprint density at radius 1 is 0.944 bits per heavy atom. The predicted molar refractivity (Wildman–Crippen MR) is 139 cm³/mol. The SMILES string of the molecule is CCOC(=O)c1ccc(-c2ccc(-c3nc(-c4ccc(S(=O)(=O)N5CCCCC5)cc4)cs3)o2)cc1. The molecule has 1 saturated heterocycles. The van der Waals surface area contributed by atoms with E-state index in [9.17, 15) is 13.2 Å². The van der Waals surface area contributed by atoms with Gasteiger partial charge in [0.2, 0.25) is 10.0 Å². The lowest BCUT2D eigenvalue weighted by molar-refractivity contribution is 0.0526. The molecule has 0 radical (unpaired) electrons. The zero-order valence-electron chi connectivity index (χ0n) is 19.8. The Kier molecular flexibility index (Phi) is 7.04. The van der Waals surface area contributed by atoms with Crippen LogP contribution in [0.25, 0.3) is 33.3 Å². The minimum Gasteiger partial charge on any atom is -0.462 e. The summed E-state index contributed by atoms with van der Waals surface area (Å²) in [5.41, 5.74) is 2.94. The monoisotopic (exact) mass is 522 g/mol. The summed E-state index contributed by atoms with van der Waals surface area (Å²) in [5, 5.41) is 2.66. The maximum Gasteiger partial charge on any atom is 0.338 e. The maximum atomic E-state index is 12.9. The lowest BCUT2D eigenvalue weighted by Gasteiger charge is -2.25. The summed E-state index contributed by atoms with van der Waals surface area (Å²) in [7, 11) is -3.46. The molecule has 2 aromatic carbocycles. The first kappa shape index (κ1) is 24.4. The molecular weight excluding hydrogens is 496 g/mol. The second-order valence-electron chi connectivity index (χ2n) is 8.49. The van der Waals surface area contributed by atoms with Gasteiger partial charge in [-0.1, -0.05) is 30.7 Å². The third kappa shape index (κ3) is 5.00. The predicted octanol–water partition coefficient (Wildman–Crippen LogP) is 6.09. The Hall–Kier alpha value is -3.27. The maximum absolute atomic E-state index is 12.9. The molecule has 0 N–H and O–H groups in total. The molecule has 7 nitrogen and oxygen atoms in total. The fraction of sp³-hybridized carbons (Fsp3) is 0.259. The molecule has 0 saturated carbocycles. The number of ether oxygens (including phenoxy) is 1. The number of carbonyl (C=O) groups is 1. The standard InChI is InChI=1S/C27H26N2O5S2/c1-2-33-27(30)21-8-6-20(7-9-21)24-14-15-25(34-24)26-28-23(18-35-26)19-10-12-22(13-11-19)36(31,32)29-16-4-3-5-17-29/h6-15,18H,2-5,16-17H2,1H3. The Labute approximate surface area is 214 Å². The Bertz CT molecular complexity index is 1450. The molecule has 186 valence electrons. The lowest BCUT2D eigenvalue weighted by Crippen LogP contribution is -2.35. The van der Waals surface area contributed by atoms with Gasteiger partial charge < -0.3 is 9.15 Å². The molecule has 0 unspecified atom stereocenters. The van der Waals surface area contributed by atoms with Crippen LogP contribution in [-0.4, -0.2) is 43.4 Å². The van der Waals surface area contributed by atoms with Gasteiger partial charge in [0.25, 0.3) is 0 Å². The molecule has 2 aromatic heterocycles. The number of aromatic nitrogens is 1. The zero-order chi connectivity index (χ0) is 25.1. The van der Waals surface area contributed by atoms with Crippen LogP contribution in [-0.2, 0) is 14.8 Å². The molecule has 0 aliphatic carbocycles. The van der Waals surface area contributed by atoms with Crippen LogP contribution < -0.4 is 0 Å². The van der Waals surface area contributed by atoms with Gasteiger partial charge in [-0.05, 0) is 56.2 Å². The second-order valence-corrected chi connectivity index (χ2v) is 11.3. The van der Waals surface area contributed by atoms with E-state index < -0.39 is 10.0 Å². The van der Waals surface area contributed by atoms with Crippen LogP contribution in [0.2, 0.25) is 0 Å². The van der Waals surface area contributed by atoms with E-state index in [4.69, 9.17) is 14.1 Å². The highest BCUT2D eigenvalue weighted by Gasteiger charge is 2.25. The third-order valence-electron chi connectivity index (χ3n) is 6.10. The van der Waals surface area contributed by atoms with Crippen LogP contribution >= 0.6 is 11.3 Å². The van der Waals surface area contributed by atoms with Gasteiger partial charge in [0.1, 0.15) is 5.76 Å². The second kappa shape index (κ2) is 10.4. The third-order valence-corrected chi connectivity index (χ3v) is 8.87. The Morgan fingerprint density at radius 3 is 2.31 bits per heavy atom. The van der Waals surface area contributed by atoms with E-state index in [2.05, 4.69) is 0 Å². The molecule has 1 fully saturated rings. The van der Waals surface area contributed by atoms with Crippen molar-refractivity contribution < 1.29 is 22.4 Å². The van der Waals surface area contributed by atoms with Crippen molar-refractivity contribution in [2.24, 2.45) is 0 Å². The molecule has 9 heteroatoms. The number of piperidine rings is 1. The number of hydrogen-bond acceptors (Lipinski definition) is 7. The highest BCUT2D eigenvalue weighted by Crippen LogP contribution is 2.33. The Morgan fingerprint density at radius 2 is 1.61 bits per heavy atom. The summed E-state index contributed by atoms with van der Waals surface area (Å²) in [4.78, 5) is 16.9. The van der Waals surface area contributed by atoms with Crippen LogP contribution in [0.1, 0.15) is 36.5 Å². The first-order chi connectivity index (χ1) is 17.5. The minimum absolute atomic E-state index is 0.313. The summed E-state index contributed by atoms with van der Waals surface area (Å²) < 4.78 is 38.4. The van der Waals surface area contributed by atoms with Crippen LogP contribution in [0, 0.1) is 0 Å². The van der Waals surface area contributed by atoms with Gasteiger partial charge in [-0.15, -0.1) is 11.3 Å². The Balaban J connectivity index is 1.31. The van der Waals surface area contributed by atoms with E-state index in [1.54, 1.807) is 47.6 Å². The molecule has 1 aliphatic rings. The van der Waals surface area contributed by atoms with Crippen molar-refractivity contribution in [1.29, 1.82) is 0 Å². The number of nitrogens with zero attached hydrogens (tertiary/aromatic N) is 2. The van der Waals surface area contributed by atoms with Crippen LogP contribution in [0.5, 0.6) is 0 Å². The molecule has 1 aliphatic heterocycles. The van der Waals surface area contributed by atoms with Crippen LogP contribution in [0.15, 0.2) is 75.4 Å². The van der Waals surface area contributed by atoms with Crippen molar-refractivity contribution >= 4 is 27.3 Å². The topological polar surface area (TPSA) is 89.7 Å². The van der Waals surface area contributed by atoms with Crippen molar-refractivity contribution in [1.82, 2.24) is 9.29 Å². The molecule has 0 amide bonds. The smallest absolute Gasteiger partial charge is 0.338 e. The number of carbonyl (C=O) groups excluding carboxylic acids is 1. The van der Waals surface area contributed by atoms with E-state index in [0.29, 0.717) is 41.7 Å². The molecule has 36 heavy (non-hydrogen) atoms. The fourth-order valence-electron chi connectivity index (χ4n) is 4.16. The number of rotatable bonds is 7. The molecule has 4 aromatic rings. The molecule has 0 bridgehead atoms. The summed E-state index contributed by atoms with van der Waals surface area (Å²) >= 11 is 1.46. The summed E-state index contributed by atoms with van der Waals surface area (Å²) in [6, 6.07) is 17.7. The van der Waals surface area contributed by atoms with Crippen molar-refractivity contribution in [2.45, 2.75) is 31.1 Å². The average molecular weight is 523 g/mol. The molecule has 3 heterocycles. The zero-order valence-corrected chi connectivity index (χ0v) is 21.5. The molecule has 5 rings (SSSR count). The van der Waals surface area contributed by atoms with Crippen molar-refractivity contribution in [3.63, 3.8) is 0 Å². The summed E-state index contributed by atoms with van der Waals surface area (Å²) in [5.74, 6) is 0.959. The van der Waals surface area contributed by atoms with Gasteiger partial charge in [-0.3, -0.25) is 0 Å². The van der Waals surface area contributed by atoms with Crippen molar-refractivity contribution in [3.8, 4) is 33.3 Å². The number of hydrogen-bond donors (Lipinski definition) is 0. The van der Waals surface area contributed by atoms with E-state index in [-0.39, 0.29) is 5.97 Å². The normalized spacial score (nSPS) is 14.6. The summed E-state index contributed by atoms with van der Waals surface area (Å²) in [6.07, 6.45) is 2.90. The first-order valence-electron chi connectivity index (χ1n) is 11.9. The fourth-order valence-corrected chi connectivity index (χ4v) is 6.47. The van der Waals surface area contributed by atoms with E-state index in [0.717, 1.165) is 41.1 Å². The molecular formula is C27H26N2O5S2. The first-order valence-corrected chi connectivity index (χ1v) is 14.2. The number of sulfonamides is 1. The summed E-state index contributed by atoms with van der Waals surface area (Å²) in [6.45, 7) is 3.27. The number of thiazole rings is 1. The molecule has 0 atom stereocenters. The van der Waals surface area contributed by atoms with Crippen molar-refractivity contribution in [2.75, 3.05) is 19.7 Å². The lowest BCUT2D eigenvalue weighted by atomic mass is 10.1.